The molecule has 2 heterocycles. The van der Waals surface area contributed by atoms with Crippen LogP contribution in [0.25, 0.3) is 5.65 Å². The third kappa shape index (κ3) is 2.38. The molecule has 0 aliphatic carbocycles. The lowest BCUT2D eigenvalue weighted by molar-refractivity contribution is 0.281. The van der Waals surface area contributed by atoms with E-state index in [0.717, 1.165) is 11.3 Å². The molecule has 0 atom stereocenters. The van der Waals surface area contributed by atoms with Crippen molar-refractivity contribution in [1.82, 2.24) is 9.38 Å². The van der Waals surface area contributed by atoms with Gasteiger partial charge in [0.1, 0.15) is 12.3 Å². The molecule has 5 nitrogen and oxygen atoms in total. The fraction of sp³-hybridized carbons (Fsp3) is 0.133. The van der Waals surface area contributed by atoms with Gasteiger partial charge in [-0.2, -0.15) is 0 Å². The smallest absolute Gasteiger partial charge is 0.161 e. The largest absolute Gasteiger partial charge is 0.493 e. The lowest BCUT2D eigenvalue weighted by Gasteiger charge is -2.08. The van der Waals surface area contributed by atoms with E-state index < -0.39 is 0 Å². The summed E-state index contributed by atoms with van der Waals surface area (Å²) < 4.78 is 12.9. The number of rotatable bonds is 4. The Morgan fingerprint density at radius 3 is 2.80 bits per heavy atom. The van der Waals surface area contributed by atoms with E-state index in [1.165, 1.54) is 0 Å². The lowest BCUT2D eigenvalue weighted by atomic mass is 10.3. The molecule has 0 saturated carbocycles. The fourth-order valence-corrected chi connectivity index (χ4v) is 2.01. The molecular weight excluding hydrogens is 254 g/mol. The molecule has 102 valence electrons. The molecule has 2 aromatic heterocycles. The Morgan fingerprint density at radius 2 is 2.00 bits per heavy atom. The number of para-hydroxylation sites is 2. The van der Waals surface area contributed by atoms with E-state index in [1.54, 1.807) is 7.11 Å². The first-order valence-electron chi connectivity index (χ1n) is 6.25. The highest BCUT2D eigenvalue weighted by molar-refractivity contribution is 5.52. The van der Waals surface area contributed by atoms with E-state index in [2.05, 4.69) is 4.98 Å². The van der Waals surface area contributed by atoms with Crippen molar-refractivity contribution in [3.63, 3.8) is 0 Å². The Hall–Kier alpha value is -2.69. The monoisotopic (exact) mass is 269 g/mol. The number of hydrogen-bond acceptors (Lipinski definition) is 4. The minimum absolute atomic E-state index is 0.377. The minimum atomic E-state index is 0.377. The van der Waals surface area contributed by atoms with Crippen molar-refractivity contribution >= 4 is 11.3 Å². The van der Waals surface area contributed by atoms with Gasteiger partial charge in [0.15, 0.2) is 11.5 Å². The summed E-state index contributed by atoms with van der Waals surface area (Å²) in [7, 11) is 1.62. The highest BCUT2D eigenvalue weighted by Crippen LogP contribution is 2.26. The number of methoxy groups -OCH3 is 1. The number of benzene rings is 1. The van der Waals surface area contributed by atoms with E-state index in [9.17, 15) is 0 Å². The molecule has 3 rings (SSSR count). The second-order valence-corrected chi connectivity index (χ2v) is 4.40. The zero-order valence-corrected chi connectivity index (χ0v) is 11.1. The SMILES string of the molecule is COc1ccccc1OCc1cn2ccc(N)cc2n1. The van der Waals surface area contributed by atoms with Crippen LogP contribution in [0.3, 0.4) is 0 Å². The van der Waals surface area contributed by atoms with Gasteiger partial charge in [-0.05, 0) is 18.2 Å². The van der Waals surface area contributed by atoms with Gasteiger partial charge in [0.25, 0.3) is 0 Å². The van der Waals surface area contributed by atoms with Crippen LogP contribution in [-0.4, -0.2) is 16.5 Å². The number of aromatic nitrogens is 2. The molecule has 0 radical (unpaired) electrons. The second-order valence-electron chi connectivity index (χ2n) is 4.40. The van der Waals surface area contributed by atoms with Crippen molar-refractivity contribution in [3.8, 4) is 11.5 Å². The Balaban J connectivity index is 1.79. The van der Waals surface area contributed by atoms with Gasteiger partial charge in [0, 0.05) is 24.1 Å². The number of imidazole rings is 1. The zero-order valence-electron chi connectivity index (χ0n) is 11.1. The summed E-state index contributed by atoms with van der Waals surface area (Å²) in [5.74, 6) is 1.41. The van der Waals surface area contributed by atoms with Crippen molar-refractivity contribution in [3.05, 3.63) is 54.5 Å². The predicted molar refractivity (Wildman–Crippen MR) is 76.9 cm³/mol. The molecule has 5 heteroatoms. The summed E-state index contributed by atoms with van der Waals surface area (Å²) in [6.45, 7) is 0.377. The van der Waals surface area contributed by atoms with Crippen molar-refractivity contribution < 1.29 is 9.47 Å². The van der Waals surface area contributed by atoms with Gasteiger partial charge in [-0.1, -0.05) is 12.1 Å². The third-order valence-corrected chi connectivity index (χ3v) is 2.98. The molecule has 0 amide bonds. The first kappa shape index (κ1) is 12.3. The molecule has 0 aliphatic heterocycles. The zero-order chi connectivity index (χ0) is 13.9. The van der Waals surface area contributed by atoms with E-state index in [4.69, 9.17) is 15.2 Å². The van der Waals surface area contributed by atoms with Crippen LogP contribution in [0.5, 0.6) is 11.5 Å². The van der Waals surface area contributed by atoms with E-state index in [-0.39, 0.29) is 0 Å². The average molecular weight is 269 g/mol. The molecule has 20 heavy (non-hydrogen) atoms. The van der Waals surface area contributed by atoms with Crippen LogP contribution in [0.15, 0.2) is 48.8 Å². The maximum absolute atomic E-state index is 5.74. The van der Waals surface area contributed by atoms with Gasteiger partial charge in [-0.3, -0.25) is 0 Å². The first-order valence-corrected chi connectivity index (χ1v) is 6.25. The maximum atomic E-state index is 5.74. The van der Waals surface area contributed by atoms with E-state index in [0.29, 0.717) is 23.8 Å². The molecule has 0 fully saturated rings. The number of nitrogens with two attached hydrogens (primary N) is 1. The summed E-state index contributed by atoms with van der Waals surface area (Å²) in [6.07, 6.45) is 3.80. The van der Waals surface area contributed by atoms with Crippen LogP contribution in [0.4, 0.5) is 5.69 Å². The van der Waals surface area contributed by atoms with E-state index >= 15 is 0 Å². The Bertz CT molecular complexity index is 737. The molecule has 0 bridgehead atoms. The Morgan fingerprint density at radius 1 is 1.20 bits per heavy atom. The highest BCUT2D eigenvalue weighted by Gasteiger charge is 2.06. The van der Waals surface area contributed by atoms with Crippen molar-refractivity contribution in [2.45, 2.75) is 6.61 Å². The average Bonchev–Trinajstić information content (AvgIpc) is 2.87. The predicted octanol–water partition coefficient (Wildman–Crippen LogP) is 2.50. The van der Waals surface area contributed by atoms with Crippen LogP contribution in [-0.2, 0) is 6.61 Å². The number of anilines is 1. The maximum Gasteiger partial charge on any atom is 0.161 e. The van der Waals surface area contributed by atoms with Crippen LogP contribution >= 0.6 is 0 Å². The quantitative estimate of drug-likeness (QED) is 0.790. The summed E-state index contributed by atoms with van der Waals surface area (Å²) in [6, 6.07) is 11.2. The molecule has 1 aromatic carbocycles. The Kier molecular flexibility index (Phi) is 3.16. The summed E-state index contributed by atoms with van der Waals surface area (Å²) >= 11 is 0. The van der Waals surface area contributed by atoms with Crippen molar-refractivity contribution in [2.24, 2.45) is 0 Å². The molecule has 2 N–H and O–H groups in total. The number of nitrogens with zero attached hydrogens (tertiary/aromatic N) is 2. The lowest BCUT2D eigenvalue weighted by Crippen LogP contribution is -1.97. The summed E-state index contributed by atoms with van der Waals surface area (Å²) in [5.41, 5.74) is 8.07. The first-order chi connectivity index (χ1) is 9.76. The number of nitrogen functional groups attached to an aromatic ring is 1. The fourth-order valence-electron chi connectivity index (χ4n) is 2.01. The van der Waals surface area contributed by atoms with Gasteiger partial charge >= 0.3 is 0 Å². The van der Waals surface area contributed by atoms with Gasteiger partial charge in [-0.15, -0.1) is 0 Å². The number of hydrogen-bond donors (Lipinski definition) is 1. The van der Waals surface area contributed by atoms with Crippen LogP contribution in [0.1, 0.15) is 5.69 Å². The molecule has 0 aliphatic rings. The minimum Gasteiger partial charge on any atom is -0.493 e. The number of ether oxygens (including phenoxy) is 2. The topological polar surface area (TPSA) is 61.8 Å². The van der Waals surface area contributed by atoms with Crippen LogP contribution in [0.2, 0.25) is 0 Å². The molecular formula is C15H15N3O2. The van der Waals surface area contributed by atoms with Gasteiger partial charge < -0.3 is 19.6 Å². The van der Waals surface area contributed by atoms with Crippen molar-refractivity contribution in [1.29, 1.82) is 0 Å². The van der Waals surface area contributed by atoms with Crippen molar-refractivity contribution in [2.75, 3.05) is 12.8 Å². The number of pyridine rings is 1. The summed E-state index contributed by atoms with van der Waals surface area (Å²) in [5, 5.41) is 0. The Labute approximate surface area is 116 Å². The molecule has 0 spiro atoms. The standard InChI is InChI=1S/C15H15N3O2/c1-19-13-4-2-3-5-14(13)20-10-12-9-18-7-6-11(16)8-15(18)17-12/h2-9H,10,16H2,1H3. The van der Waals surface area contributed by atoms with Crippen LogP contribution in [0, 0.1) is 0 Å². The van der Waals surface area contributed by atoms with Gasteiger partial charge in [0.05, 0.1) is 12.8 Å². The van der Waals surface area contributed by atoms with Gasteiger partial charge in [0.2, 0.25) is 0 Å². The highest BCUT2D eigenvalue weighted by atomic mass is 16.5. The van der Waals surface area contributed by atoms with Gasteiger partial charge in [-0.25, -0.2) is 4.98 Å². The second kappa shape index (κ2) is 5.13. The number of fused-ring (bicyclic) bond motifs is 1. The van der Waals surface area contributed by atoms with Crippen LogP contribution < -0.4 is 15.2 Å². The normalized spacial score (nSPS) is 10.7. The summed E-state index contributed by atoms with van der Waals surface area (Å²) in [4.78, 5) is 4.46. The molecule has 3 aromatic rings. The van der Waals surface area contributed by atoms with E-state index in [1.807, 2.05) is 53.2 Å². The molecule has 0 unspecified atom stereocenters. The third-order valence-electron chi connectivity index (χ3n) is 2.98. The molecule has 0 saturated heterocycles.